The third-order valence-corrected chi connectivity index (χ3v) is 4.03. The molecule has 0 heterocycles. The maximum Gasteiger partial charge on any atom is 0.131 e. The molecule has 2 nitrogen and oxygen atoms in total. The van der Waals surface area contributed by atoms with Crippen LogP contribution < -0.4 is 10.1 Å². The van der Waals surface area contributed by atoms with Gasteiger partial charge >= 0.3 is 0 Å². The molecule has 19 heavy (non-hydrogen) atoms. The van der Waals surface area contributed by atoms with E-state index in [0.29, 0.717) is 17.9 Å². The normalized spacial score (nSPS) is 16.5. The van der Waals surface area contributed by atoms with Gasteiger partial charge in [0.25, 0.3) is 0 Å². The van der Waals surface area contributed by atoms with Gasteiger partial charge in [-0.3, -0.25) is 0 Å². The first-order valence-corrected chi connectivity index (χ1v) is 7.32. The summed E-state index contributed by atoms with van der Waals surface area (Å²) in [5.41, 5.74) is 0.712. The molecule has 1 N–H and O–H groups in total. The maximum atomic E-state index is 13.7. The summed E-state index contributed by atoms with van der Waals surface area (Å²) in [6.45, 7) is 1.58. The van der Waals surface area contributed by atoms with Crippen LogP contribution in [0.5, 0.6) is 5.75 Å². The molecule has 1 aromatic rings. The first-order chi connectivity index (χ1) is 9.29. The van der Waals surface area contributed by atoms with Crippen molar-refractivity contribution in [3.05, 3.63) is 29.6 Å². The summed E-state index contributed by atoms with van der Waals surface area (Å²) >= 11 is 0. The highest BCUT2D eigenvalue weighted by molar-refractivity contribution is 5.28. The molecule has 1 aliphatic carbocycles. The Labute approximate surface area is 115 Å². The zero-order chi connectivity index (χ0) is 13.5. The molecular weight excluding hydrogens is 241 g/mol. The minimum atomic E-state index is -0.190. The van der Waals surface area contributed by atoms with Gasteiger partial charge in [-0.15, -0.1) is 0 Å². The molecule has 1 aromatic carbocycles. The van der Waals surface area contributed by atoms with E-state index in [2.05, 4.69) is 5.32 Å². The first-order valence-electron chi connectivity index (χ1n) is 7.32. The Bertz CT molecular complexity index is 388. The van der Waals surface area contributed by atoms with Gasteiger partial charge in [0.1, 0.15) is 11.6 Å². The molecular formula is C16H24FNO. The number of halogens is 1. The van der Waals surface area contributed by atoms with E-state index < -0.39 is 0 Å². The van der Waals surface area contributed by atoms with Crippen molar-refractivity contribution < 1.29 is 9.13 Å². The van der Waals surface area contributed by atoms with Crippen LogP contribution in [0.1, 0.15) is 44.1 Å². The Morgan fingerprint density at radius 2 is 2.05 bits per heavy atom. The lowest BCUT2D eigenvalue weighted by Crippen LogP contribution is -2.19. The Hall–Kier alpha value is -1.09. The minimum Gasteiger partial charge on any atom is -0.497 e. The second kappa shape index (κ2) is 7.49. The third kappa shape index (κ3) is 4.50. The quantitative estimate of drug-likeness (QED) is 0.788. The highest BCUT2D eigenvalue weighted by atomic mass is 19.1. The molecule has 0 aliphatic heterocycles. The molecule has 0 amide bonds. The molecule has 0 saturated heterocycles. The second-order valence-corrected chi connectivity index (χ2v) is 5.43. The molecule has 3 heteroatoms. The van der Waals surface area contributed by atoms with Gasteiger partial charge in [0.2, 0.25) is 0 Å². The van der Waals surface area contributed by atoms with Crippen molar-refractivity contribution in [2.75, 3.05) is 13.7 Å². The average Bonchev–Trinajstić information content (AvgIpc) is 2.46. The predicted octanol–water partition coefficient (Wildman–Crippen LogP) is 3.89. The third-order valence-electron chi connectivity index (χ3n) is 4.03. The highest BCUT2D eigenvalue weighted by Gasteiger charge is 2.12. The molecule has 0 aromatic heterocycles. The largest absolute Gasteiger partial charge is 0.497 e. The lowest BCUT2D eigenvalue weighted by Gasteiger charge is -2.21. The van der Waals surface area contributed by atoms with Gasteiger partial charge < -0.3 is 10.1 Å². The molecule has 106 valence electrons. The Kier molecular flexibility index (Phi) is 5.64. The van der Waals surface area contributed by atoms with Crippen LogP contribution in [0.25, 0.3) is 0 Å². The van der Waals surface area contributed by atoms with Crippen LogP contribution in [-0.4, -0.2) is 13.7 Å². The van der Waals surface area contributed by atoms with Crippen LogP contribution in [0.4, 0.5) is 4.39 Å². The van der Waals surface area contributed by atoms with E-state index in [1.807, 2.05) is 0 Å². The SMILES string of the molecule is COc1ccc(CNCCC2CCCCC2)c(F)c1. The highest BCUT2D eigenvalue weighted by Crippen LogP contribution is 2.25. The monoisotopic (exact) mass is 265 g/mol. The van der Waals surface area contributed by atoms with Gasteiger partial charge in [-0.05, 0) is 24.9 Å². The molecule has 0 unspecified atom stereocenters. The number of methoxy groups -OCH3 is 1. The second-order valence-electron chi connectivity index (χ2n) is 5.43. The fourth-order valence-electron chi connectivity index (χ4n) is 2.80. The van der Waals surface area contributed by atoms with Crippen molar-refractivity contribution in [2.24, 2.45) is 5.92 Å². The van der Waals surface area contributed by atoms with Gasteiger partial charge in [0.05, 0.1) is 7.11 Å². The lowest BCUT2D eigenvalue weighted by atomic mass is 9.87. The molecule has 1 fully saturated rings. The Balaban J connectivity index is 1.70. The summed E-state index contributed by atoms with van der Waals surface area (Å²) in [6, 6.07) is 5.04. The Morgan fingerprint density at radius 1 is 1.26 bits per heavy atom. The van der Waals surface area contributed by atoms with E-state index in [-0.39, 0.29) is 5.82 Å². The van der Waals surface area contributed by atoms with Crippen molar-refractivity contribution in [2.45, 2.75) is 45.1 Å². The van der Waals surface area contributed by atoms with E-state index >= 15 is 0 Å². The molecule has 0 radical (unpaired) electrons. The summed E-state index contributed by atoms with van der Waals surface area (Å²) in [5.74, 6) is 1.26. The van der Waals surface area contributed by atoms with Gasteiger partial charge in [0.15, 0.2) is 0 Å². The molecule has 1 saturated carbocycles. The Morgan fingerprint density at radius 3 is 2.74 bits per heavy atom. The van der Waals surface area contributed by atoms with Gasteiger partial charge in [0, 0.05) is 18.2 Å². The van der Waals surface area contributed by atoms with Crippen LogP contribution >= 0.6 is 0 Å². The summed E-state index contributed by atoms with van der Waals surface area (Å²) in [5, 5.41) is 3.35. The summed E-state index contributed by atoms with van der Waals surface area (Å²) < 4.78 is 18.7. The molecule has 0 atom stereocenters. The molecule has 0 spiro atoms. The average molecular weight is 265 g/mol. The van der Waals surface area contributed by atoms with E-state index in [4.69, 9.17) is 4.74 Å². The first kappa shape index (κ1) is 14.3. The van der Waals surface area contributed by atoms with Gasteiger partial charge in [-0.1, -0.05) is 38.2 Å². The summed E-state index contributed by atoms with van der Waals surface area (Å²) in [7, 11) is 1.55. The number of hydrogen-bond donors (Lipinski definition) is 1. The summed E-state index contributed by atoms with van der Waals surface area (Å²) in [6.07, 6.45) is 8.14. The predicted molar refractivity (Wildman–Crippen MR) is 75.9 cm³/mol. The molecule has 2 rings (SSSR count). The fourth-order valence-corrected chi connectivity index (χ4v) is 2.80. The van der Waals surface area contributed by atoms with Gasteiger partial charge in [-0.25, -0.2) is 4.39 Å². The van der Waals surface area contributed by atoms with Crippen LogP contribution in [-0.2, 0) is 6.54 Å². The van der Waals surface area contributed by atoms with E-state index in [9.17, 15) is 4.39 Å². The van der Waals surface area contributed by atoms with E-state index in [0.717, 1.165) is 12.5 Å². The maximum absolute atomic E-state index is 13.7. The van der Waals surface area contributed by atoms with Crippen LogP contribution in [0, 0.1) is 11.7 Å². The topological polar surface area (TPSA) is 21.3 Å². The van der Waals surface area contributed by atoms with E-state index in [1.165, 1.54) is 44.6 Å². The van der Waals surface area contributed by atoms with Gasteiger partial charge in [-0.2, -0.15) is 0 Å². The summed E-state index contributed by atoms with van der Waals surface area (Å²) in [4.78, 5) is 0. The van der Waals surface area contributed by atoms with Crippen molar-refractivity contribution in [3.63, 3.8) is 0 Å². The number of rotatable bonds is 6. The standard InChI is InChI=1S/C16H24FNO/c1-19-15-8-7-14(16(17)11-15)12-18-10-9-13-5-3-2-4-6-13/h7-8,11,13,18H,2-6,9-10,12H2,1H3. The smallest absolute Gasteiger partial charge is 0.131 e. The number of nitrogens with one attached hydrogen (secondary N) is 1. The number of ether oxygens (including phenoxy) is 1. The van der Waals surface area contributed by atoms with Crippen LogP contribution in [0.15, 0.2) is 18.2 Å². The number of hydrogen-bond acceptors (Lipinski definition) is 2. The molecule has 0 bridgehead atoms. The van der Waals surface area contributed by atoms with Crippen LogP contribution in [0.2, 0.25) is 0 Å². The van der Waals surface area contributed by atoms with Crippen LogP contribution in [0.3, 0.4) is 0 Å². The molecule has 1 aliphatic rings. The van der Waals surface area contributed by atoms with E-state index in [1.54, 1.807) is 19.2 Å². The fraction of sp³-hybridized carbons (Fsp3) is 0.625. The van der Waals surface area contributed by atoms with Crippen molar-refractivity contribution in [1.29, 1.82) is 0 Å². The van der Waals surface area contributed by atoms with Crippen molar-refractivity contribution >= 4 is 0 Å². The van der Waals surface area contributed by atoms with Crippen molar-refractivity contribution in [1.82, 2.24) is 5.32 Å². The minimum absolute atomic E-state index is 0.190. The van der Waals surface area contributed by atoms with Crippen molar-refractivity contribution in [3.8, 4) is 5.75 Å². The zero-order valence-electron chi connectivity index (χ0n) is 11.8. The number of benzene rings is 1. The zero-order valence-corrected chi connectivity index (χ0v) is 11.8. The lowest BCUT2D eigenvalue weighted by molar-refractivity contribution is 0.333.